The van der Waals surface area contributed by atoms with Crippen LogP contribution in [0.3, 0.4) is 0 Å². The fourth-order valence-corrected chi connectivity index (χ4v) is 2.60. The topological polar surface area (TPSA) is 66.5 Å². The van der Waals surface area contributed by atoms with Gasteiger partial charge in [0.25, 0.3) is 0 Å². The van der Waals surface area contributed by atoms with Crippen molar-refractivity contribution in [1.82, 2.24) is 10.2 Å². The zero-order valence-corrected chi connectivity index (χ0v) is 17.6. The molecule has 0 saturated carbocycles. The molecule has 2 rings (SSSR count). The molecule has 0 aromatic heterocycles. The molecular weight excluding hydrogens is 367 g/mol. The van der Waals surface area contributed by atoms with Crippen LogP contribution in [0.1, 0.15) is 41.5 Å². The minimum Gasteiger partial charge on any atom is -0.332 e. The largest absolute Gasteiger partial charge is 0.332 e. The van der Waals surface area contributed by atoms with Gasteiger partial charge in [0.2, 0.25) is 0 Å². The number of hydrogen-bond acceptors (Lipinski definition) is 3. The first-order chi connectivity index (χ1) is 12.6. The van der Waals surface area contributed by atoms with Crippen molar-refractivity contribution in [3.63, 3.8) is 0 Å². The molecule has 1 aromatic rings. The van der Waals surface area contributed by atoms with Crippen LogP contribution in [0.2, 0.25) is 0 Å². The maximum atomic E-state index is 11.8. The van der Waals surface area contributed by atoms with Gasteiger partial charge in [0.15, 0.2) is 9.84 Å². The number of piperidine rings is 1. The monoisotopic (exact) mass is 402 g/mol. The van der Waals surface area contributed by atoms with Gasteiger partial charge in [-0.05, 0) is 40.0 Å². The minimum atomic E-state index is -3.13. The van der Waals surface area contributed by atoms with Crippen LogP contribution < -0.4 is 5.32 Å². The lowest BCUT2D eigenvalue weighted by Crippen LogP contribution is -2.45. The summed E-state index contributed by atoms with van der Waals surface area (Å²) in [7, 11) is -3.13. The van der Waals surface area contributed by atoms with Crippen LogP contribution in [0, 0.1) is 0 Å². The number of carbonyl (C=O) groups is 1. The summed E-state index contributed by atoms with van der Waals surface area (Å²) in [6, 6.07) is 11.6. The maximum absolute atomic E-state index is 11.8. The summed E-state index contributed by atoms with van der Waals surface area (Å²) in [5.74, 6) is 0. The third kappa shape index (κ3) is 17.3. The molecule has 5 nitrogen and oxygen atoms in total. The zero-order chi connectivity index (χ0) is 20.7. The van der Waals surface area contributed by atoms with E-state index >= 15 is 0 Å². The molecule has 1 saturated heterocycles. The van der Waals surface area contributed by atoms with E-state index in [-0.39, 0.29) is 13.5 Å². The molecule has 0 bridgehead atoms. The smallest absolute Gasteiger partial charge is 0.317 e. The van der Waals surface area contributed by atoms with E-state index in [4.69, 9.17) is 0 Å². The fourth-order valence-electron chi connectivity index (χ4n) is 2.08. The summed E-state index contributed by atoms with van der Waals surface area (Å²) in [6.07, 6.45) is 5.20. The second-order valence-electron chi connectivity index (χ2n) is 6.61. The summed E-state index contributed by atoms with van der Waals surface area (Å²) in [5, 5.41) is 3.88. The van der Waals surface area contributed by atoms with Gasteiger partial charge in [0.05, 0.1) is 6.17 Å². The Morgan fingerprint density at radius 3 is 1.81 bits per heavy atom. The van der Waals surface area contributed by atoms with Crippen molar-refractivity contribution in [2.45, 2.75) is 52.2 Å². The molecule has 0 radical (unpaired) electrons. The van der Waals surface area contributed by atoms with Crippen LogP contribution in [0.5, 0.6) is 0 Å². The van der Waals surface area contributed by atoms with E-state index in [0.29, 0.717) is 0 Å². The number of carbonyl (C=O) groups excluding carboxylic acids is 1. The standard InChI is InChI=1S/C11H20N2O3S.C6H6.C3H7F.H2/c1-10(6-9-17(2,15)16)12-11(14)13-7-4-3-5-8-13;1-2-4-6-5-3-1;1-3(2)4;/h6,9-10H,3-5,7-8H2,1-2H3,(H,12,14);1-6H;3H,1-2H3;1H/b9-6+;;;/t10-;;;/m0.../s1. The van der Waals surface area contributed by atoms with Crippen molar-refractivity contribution < 1.29 is 19.0 Å². The van der Waals surface area contributed by atoms with Crippen molar-refractivity contribution in [2.24, 2.45) is 0 Å². The maximum Gasteiger partial charge on any atom is 0.317 e. The molecular formula is C20H35FN2O3S. The average Bonchev–Trinajstić information content (AvgIpc) is 2.62. The zero-order valence-electron chi connectivity index (χ0n) is 16.8. The summed E-state index contributed by atoms with van der Waals surface area (Å²) in [4.78, 5) is 13.5. The highest BCUT2D eigenvalue weighted by molar-refractivity contribution is 7.93. The Morgan fingerprint density at radius 1 is 1.04 bits per heavy atom. The fraction of sp³-hybridized carbons (Fsp3) is 0.550. The van der Waals surface area contributed by atoms with Crippen molar-refractivity contribution in [3.8, 4) is 0 Å². The highest BCUT2D eigenvalue weighted by atomic mass is 32.2. The van der Waals surface area contributed by atoms with Crippen molar-refractivity contribution in [2.75, 3.05) is 19.3 Å². The van der Waals surface area contributed by atoms with Gasteiger partial charge in [0, 0.05) is 32.2 Å². The normalized spacial score (nSPS) is 15.3. The number of nitrogens with zero attached hydrogens (tertiary/aromatic N) is 1. The molecule has 1 aromatic carbocycles. The molecule has 1 heterocycles. The number of sulfone groups is 1. The van der Waals surface area contributed by atoms with Crippen LogP contribution in [0.15, 0.2) is 47.9 Å². The lowest BCUT2D eigenvalue weighted by atomic mass is 10.1. The average molecular weight is 403 g/mol. The molecule has 0 aliphatic carbocycles. The van der Waals surface area contributed by atoms with E-state index in [2.05, 4.69) is 5.32 Å². The van der Waals surface area contributed by atoms with E-state index in [0.717, 1.165) is 37.6 Å². The molecule has 156 valence electrons. The second kappa shape index (κ2) is 14.2. The van der Waals surface area contributed by atoms with Crippen LogP contribution in [-0.2, 0) is 9.84 Å². The molecule has 1 N–H and O–H groups in total. The highest BCUT2D eigenvalue weighted by Crippen LogP contribution is 2.08. The van der Waals surface area contributed by atoms with Crippen LogP contribution in [-0.4, -0.2) is 50.9 Å². The van der Waals surface area contributed by atoms with Crippen molar-refractivity contribution >= 4 is 15.9 Å². The van der Waals surface area contributed by atoms with Gasteiger partial charge in [-0.3, -0.25) is 0 Å². The van der Waals surface area contributed by atoms with Gasteiger partial charge in [-0.1, -0.05) is 42.5 Å². The van der Waals surface area contributed by atoms with Crippen molar-refractivity contribution in [3.05, 3.63) is 47.9 Å². The lowest BCUT2D eigenvalue weighted by molar-refractivity contribution is 0.185. The number of benzene rings is 1. The molecule has 7 heteroatoms. The third-order valence-corrected chi connectivity index (χ3v) is 3.93. The quantitative estimate of drug-likeness (QED) is 0.813. The number of urea groups is 1. The van der Waals surface area contributed by atoms with E-state index in [1.54, 1.807) is 11.8 Å². The summed E-state index contributed by atoms with van der Waals surface area (Å²) >= 11 is 0. The number of halogens is 1. The minimum absolute atomic E-state index is 0. The van der Waals surface area contributed by atoms with E-state index in [1.807, 2.05) is 36.4 Å². The second-order valence-corrected chi connectivity index (χ2v) is 8.54. The number of alkyl halides is 1. The summed E-state index contributed by atoms with van der Waals surface area (Å²) in [6.45, 7) is 6.33. The Bertz CT molecular complexity index is 605. The summed E-state index contributed by atoms with van der Waals surface area (Å²) in [5.41, 5.74) is 0. The summed E-state index contributed by atoms with van der Waals surface area (Å²) < 4.78 is 32.8. The van der Waals surface area contributed by atoms with Gasteiger partial charge in [-0.2, -0.15) is 0 Å². The number of likely N-dealkylation sites (tertiary alicyclic amines) is 1. The highest BCUT2D eigenvalue weighted by Gasteiger charge is 2.16. The molecule has 27 heavy (non-hydrogen) atoms. The van der Waals surface area contributed by atoms with E-state index < -0.39 is 16.0 Å². The van der Waals surface area contributed by atoms with Gasteiger partial charge >= 0.3 is 6.03 Å². The number of hydrogen-bond donors (Lipinski definition) is 1. The first-order valence-corrected chi connectivity index (χ1v) is 11.1. The Balaban J connectivity index is 0. The molecule has 0 unspecified atom stereocenters. The molecule has 1 fully saturated rings. The predicted octanol–water partition coefficient (Wildman–Crippen LogP) is 4.43. The Hall–Kier alpha value is -1.89. The van der Waals surface area contributed by atoms with Crippen LogP contribution in [0.25, 0.3) is 0 Å². The van der Waals surface area contributed by atoms with Gasteiger partial charge in [-0.25, -0.2) is 17.6 Å². The van der Waals surface area contributed by atoms with Gasteiger partial charge in [0.1, 0.15) is 0 Å². The first-order valence-electron chi connectivity index (χ1n) is 9.19. The van der Waals surface area contributed by atoms with E-state index in [9.17, 15) is 17.6 Å². The number of amides is 2. The number of nitrogens with one attached hydrogen (secondary N) is 1. The SMILES string of the molecule is CC(C)F.C[C@@H](/C=C/S(C)(=O)=O)NC(=O)N1CCCCC1.[HH].c1ccccc1. The molecule has 2 amide bonds. The van der Waals surface area contributed by atoms with Gasteiger partial charge in [-0.15, -0.1) is 0 Å². The Morgan fingerprint density at radius 2 is 1.44 bits per heavy atom. The Kier molecular flexibility index (Phi) is 13.2. The predicted molar refractivity (Wildman–Crippen MR) is 112 cm³/mol. The van der Waals surface area contributed by atoms with Gasteiger partial charge < -0.3 is 10.2 Å². The molecule has 1 atom stereocenters. The van der Waals surface area contributed by atoms with E-state index in [1.165, 1.54) is 26.3 Å². The van der Waals surface area contributed by atoms with Crippen LogP contribution in [0.4, 0.5) is 9.18 Å². The molecule has 0 spiro atoms. The van der Waals surface area contributed by atoms with Crippen molar-refractivity contribution in [1.29, 1.82) is 0 Å². The Labute approximate surface area is 165 Å². The third-order valence-electron chi connectivity index (χ3n) is 3.28. The number of rotatable bonds is 3. The lowest BCUT2D eigenvalue weighted by Gasteiger charge is -2.27. The molecule has 1 aliphatic rings. The molecule has 1 aliphatic heterocycles. The first kappa shape index (κ1) is 25.1. The van der Waals surface area contributed by atoms with Crippen LogP contribution >= 0.6 is 0 Å².